The van der Waals surface area contributed by atoms with Gasteiger partial charge in [-0.15, -0.1) is 5.10 Å². The van der Waals surface area contributed by atoms with Crippen LogP contribution in [-0.2, 0) is 32.7 Å². The Labute approximate surface area is 205 Å². The summed E-state index contributed by atoms with van der Waals surface area (Å²) < 4.78 is 35.5. The van der Waals surface area contributed by atoms with Crippen molar-refractivity contribution in [3.8, 4) is 6.07 Å². The standard InChI is InChI=1S/C23H32N6O5S/c1-17-12-29(18(2)15-30)23(31)9-6-10-28-13-20(25-26-28)16-34-21(17)14-27(3)35(32,33)22-8-5-4-7-19(22)11-24/h4-5,7-8,13,17-18,21,30H,6,9-10,12,14-16H2,1-3H3/t17-,18-,21-/m0/s1. The van der Waals surface area contributed by atoms with Crippen LogP contribution in [0.1, 0.15) is 37.9 Å². The van der Waals surface area contributed by atoms with Gasteiger partial charge in [-0.05, 0) is 25.5 Å². The first-order valence-electron chi connectivity index (χ1n) is 11.5. The Morgan fingerprint density at radius 3 is 2.83 bits per heavy atom. The van der Waals surface area contributed by atoms with Crippen LogP contribution in [0, 0.1) is 17.2 Å². The summed E-state index contributed by atoms with van der Waals surface area (Å²) in [4.78, 5) is 14.5. The number of amides is 1. The first-order valence-corrected chi connectivity index (χ1v) is 13.0. The number of hydrogen-bond acceptors (Lipinski definition) is 8. The Morgan fingerprint density at radius 1 is 1.37 bits per heavy atom. The topological polar surface area (TPSA) is 142 Å². The van der Waals surface area contributed by atoms with Crippen molar-refractivity contribution in [2.24, 2.45) is 5.92 Å². The summed E-state index contributed by atoms with van der Waals surface area (Å²) in [7, 11) is -2.53. The molecule has 1 aromatic heterocycles. The highest BCUT2D eigenvalue weighted by molar-refractivity contribution is 7.89. The molecule has 0 spiro atoms. The number of likely N-dealkylation sites (N-methyl/N-ethyl adjacent to an activating group) is 1. The molecular weight excluding hydrogens is 472 g/mol. The van der Waals surface area contributed by atoms with Gasteiger partial charge in [-0.1, -0.05) is 24.3 Å². The maximum absolute atomic E-state index is 13.3. The number of carbonyl (C=O) groups is 1. The number of aliphatic hydroxyl groups is 1. The van der Waals surface area contributed by atoms with Gasteiger partial charge < -0.3 is 14.7 Å². The fourth-order valence-electron chi connectivity index (χ4n) is 4.00. The highest BCUT2D eigenvalue weighted by atomic mass is 32.2. The number of ether oxygens (including phenoxy) is 1. The van der Waals surface area contributed by atoms with E-state index in [1.165, 1.54) is 23.5 Å². The SMILES string of the molecule is C[C@H]1CN([C@@H](C)CO)C(=O)CCCn2cc(nn2)CO[C@H]1CN(C)S(=O)(=O)c1ccccc1C#N. The molecule has 1 N–H and O–H groups in total. The Morgan fingerprint density at radius 2 is 2.11 bits per heavy atom. The van der Waals surface area contributed by atoms with E-state index in [1.807, 2.05) is 13.0 Å². The van der Waals surface area contributed by atoms with Gasteiger partial charge in [-0.3, -0.25) is 9.48 Å². The molecule has 190 valence electrons. The maximum Gasteiger partial charge on any atom is 0.244 e. The molecule has 12 heteroatoms. The van der Waals surface area contributed by atoms with Crippen LogP contribution in [0.4, 0.5) is 0 Å². The Kier molecular flexibility index (Phi) is 8.96. The van der Waals surface area contributed by atoms with Crippen molar-refractivity contribution in [2.45, 2.75) is 56.9 Å². The van der Waals surface area contributed by atoms with Gasteiger partial charge in [-0.25, -0.2) is 8.42 Å². The highest BCUT2D eigenvalue weighted by Crippen LogP contribution is 2.22. The Bertz CT molecular complexity index is 1160. The minimum atomic E-state index is -3.97. The third-order valence-electron chi connectivity index (χ3n) is 6.18. The average Bonchev–Trinajstić information content (AvgIpc) is 3.31. The van der Waals surface area contributed by atoms with Crippen LogP contribution in [0.25, 0.3) is 0 Å². The predicted octanol–water partition coefficient (Wildman–Crippen LogP) is 0.995. The van der Waals surface area contributed by atoms with Crippen molar-refractivity contribution in [1.29, 1.82) is 5.26 Å². The number of fused-ring (bicyclic) bond motifs is 2. The minimum Gasteiger partial charge on any atom is -0.394 e. The van der Waals surface area contributed by atoms with Crippen LogP contribution in [0.5, 0.6) is 0 Å². The number of rotatable bonds is 6. The molecule has 1 amide bonds. The fourth-order valence-corrected chi connectivity index (χ4v) is 5.32. The number of aryl methyl sites for hydroxylation is 1. The Hall–Kier alpha value is -2.85. The molecule has 3 atom stereocenters. The van der Waals surface area contributed by atoms with Crippen LogP contribution < -0.4 is 0 Å². The number of aromatic nitrogens is 3. The van der Waals surface area contributed by atoms with Gasteiger partial charge in [0.05, 0.1) is 42.0 Å². The first-order chi connectivity index (χ1) is 16.7. The molecule has 1 aliphatic heterocycles. The van der Waals surface area contributed by atoms with E-state index >= 15 is 0 Å². The van der Waals surface area contributed by atoms with Gasteiger partial charge in [0.2, 0.25) is 15.9 Å². The lowest BCUT2D eigenvalue weighted by atomic mass is 10.0. The van der Waals surface area contributed by atoms with Crippen molar-refractivity contribution < 1.29 is 23.1 Å². The normalized spacial score (nSPS) is 21.0. The first kappa shape index (κ1) is 26.7. The summed E-state index contributed by atoms with van der Waals surface area (Å²) >= 11 is 0. The number of nitriles is 1. The van der Waals surface area contributed by atoms with Crippen LogP contribution in [0.3, 0.4) is 0 Å². The molecular formula is C23H32N6O5S. The second kappa shape index (κ2) is 11.7. The van der Waals surface area contributed by atoms with E-state index < -0.39 is 22.2 Å². The highest BCUT2D eigenvalue weighted by Gasteiger charge is 2.31. The second-order valence-corrected chi connectivity index (χ2v) is 10.9. The fraction of sp³-hybridized carbons (Fsp3) is 0.565. The number of nitrogens with zero attached hydrogens (tertiary/aromatic N) is 6. The molecule has 35 heavy (non-hydrogen) atoms. The average molecular weight is 505 g/mol. The van der Waals surface area contributed by atoms with Gasteiger partial charge in [0.25, 0.3) is 0 Å². The van der Waals surface area contributed by atoms with Gasteiger partial charge in [0.1, 0.15) is 11.8 Å². The summed E-state index contributed by atoms with van der Waals surface area (Å²) in [5.74, 6) is -0.367. The largest absolute Gasteiger partial charge is 0.394 e. The van der Waals surface area contributed by atoms with Gasteiger partial charge in [-0.2, -0.15) is 9.57 Å². The van der Waals surface area contributed by atoms with Crippen molar-refractivity contribution in [3.05, 3.63) is 41.7 Å². The van der Waals surface area contributed by atoms with Crippen LogP contribution >= 0.6 is 0 Å². The Balaban J connectivity index is 1.89. The molecule has 0 saturated carbocycles. The van der Waals surface area contributed by atoms with Crippen molar-refractivity contribution >= 4 is 15.9 Å². The van der Waals surface area contributed by atoms with Crippen molar-refractivity contribution in [2.75, 3.05) is 26.7 Å². The second-order valence-electron chi connectivity index (χ2n) is 8.87. The zero-order valence-corrected chi connectivity index (χ0v) is 21.1. The molecule has 0 aliphatic carbocycles. The van der Waals surface area contributed by atoms with Crippen molar-refractivity contribution in [1.82, 2.24) is 24.2 Å². The summed E-state index contributed by atoms with van der Waals surface area (Å²) in [6.45, 7) is 4.41. The van der Waals surface area contributed by atoms with Gasteiger partial charge in [0.15, 0.2) is 0 Å². The predicted molar refractivity (Wildman–Crippen MR) is 126 cm³/mol. The van der Waals surface area contributed by atoms with Gasteiger partial charge >= 0.3 is 0 Å². The summed E-state index contributed by atoms with van der Waals surface area (Å²) in [6, 6.07) is 7.58. The van der Waals surface area contributed by atoms with E-state index in [1.54, 1.807) is 34.8 Å². The molecule has 2 aromatic rings. The van der Waals surface area contributed by atoms with Gasteiger partial charge in [0, 0.05) is 39.0 Å². The zero-order valence-electron chi connectivity index (χ0n) is 20.2. The van der Waals surface area contributed by atoms with E-state index in [0.717, 1.165) is 0 Å². The summed E-state index contributed by atoms with van der Waals surface area (Å²) in [6.07, 6.45) is 2.02. The number of hydrogen-bond donors (Lipinski definition) is 1. The molecule has 3 rings (SSSR count). The zero-order chi connectivity index (χ0) is 25.6. The lowest BCUT2D eigenvalue weighted by Gasteiger charge is -2.35. The van der Waals surface area contributed by atoms with E-state index in [2.05, 4.69) is 10.3 Å². The van der Waals surface area contributed by atoms with Crippen LogP contribution in [0.2, 0.25) is 0 Å². The smallest absolute Gasteiger partial charge is 0.244 e. The summed E-state index contributed by atoms with van der Waals surface area (Å²) in [5.41, 5.74) is 0.669. The van der Waals surface area contributed by atoms with E-state index in [9.17, 15) is 23.6 Å². The maximum atomic E-state index is 13.3. The summed E-state index contributed by atoms with van der Waals surface area (Å²) in [5, 5.41) is 27.3. The van der Waals surface area contributed by atoms with Crippen LogP contribution in [0.15, 0.2) is 35.4 Å². The number of sulfonamides is 1. The molecule has 1 aromatic carbocycles. The van der Waals surface area contributed by atoms with Crippen molar-refractivity contribution in [3.63, 3.8) is 0 Å². The molecule has 0 saturated heterocycles. The quantitative estimate of drug-likeness (QED) is 0.614. The molecule has 0 radical (unpaired) electrons. The van der Waals surface area contributed by atoms with E-state index in [-0.39, 0.29) is 55.0 Å². The number of benzene rings is 1. The number of carbonyl (C=O) groups excluding carboxylic acids is 1. The molecule has 2 bridgehead atoms. The molecule has 0 unspecified atom stereocenters. The monoisotopic (exact) mass is 504 g/mol. The molecule has 0 fully saturated rings. The minimum absolute atomic E-state index is 0.00701. The number of aliphatic hydroxyl groups excluding tert-OH is 1. The third-order valence-corrected chi connectivity index (χ3v) is 8.06. The molecule has 11 nitrogen and oxygen atoms in total. The molecule has 2 heterocycles. The third kappa shape index (κ3) is 6.43. The molecule has 1 aliphatic rings. The lowest BCUT2D eigenvalue weighted by Crippen LogP contribution is -2.47. The lowest BCUT2D eigenvalue weighted by molar-refractivity contribution is -0.136. The van der Waals surface area contributed by atoms with E-state index in [0.29, 0.717) is 18.7 Å². The van der Waals surface area contributed by atoms with E-state index in [4.69, 9.17) is 4.74 Å². The van der Waals surface area contributed by atoms with Crippen LogP contribution in [-0.4, -0.2) is 82.5 Å².